The molecule has 0 radical (unpaired) electrons. The number of hydrogen-bond acceptors (Lipinski definition) is 2. The molecule has 1 aromatic rings. The molecule has 0 N–H and O–H groups in total. The lowest BCUT2D eigenvalue weighted by atomic mass is 10.1. The van der Waals surface area contributed by atoms with Gasteiger partial charge in [0.05, 0.1) is 12.7 Å². The third-order valence-corrected chi connectivity index (χ3v) is 4.48. The van der Waals surface area contributed by atoms with Crippen LogP contribution in [-0.4, -0.2) is 30.5 Å². The highest BCUT2D eigenvalue weighted by Crippen LogP contribution is 2.29. The first-order chi connectivity index (χ1) is 10.0. The Balaban J connectivity index is 2.28. The molecular formula is C17H24BrNO2. The molecule has 0 atom stereocenters. The van der Waals surface area contributed by atoms with Gasteiger partial charge in [-0.05, 0) is 37.0 Å². The molecule has 2 rings (SSSR count). The van der Waals surface area contributed by atoms with Gasteiger partial charge in [-0.2, -0.15) is 0 Å². The van der Waals surface area contributed by atoms with E-state index in [2.05, 4.69) is 34.7 Å². The van der Waals surface area contributed by atoms with Gasteiger partial charge in [-0.15, -0.1) is 0 Å². The standard InChI is InChI=1S/C17H24BrNO2/c1-12(2)11-19(14-6-4-5-7-14)17(20)15-9-8-13(18)10-16(15)21-3/h8-10,12,14H,4-7,11H2,1-3H3. The van der Waals surface area contributed by atoms with E-state index in [0.717, 1.165) is 23.9 Å². The van der Waals surface area contributed by atoms with E-state index >= 15 is 0 Å². The molecule has 1 saturated carbocycles. The first-order valence-electron chi connectivity index (χ1n) is 7.67. The molecule has 1 aliphatic rings. The maximum absolute atomic E-state index is 13.0. The fraction of sp³-hybridized carbons (Fsp3) is 0.588. The zero-order valence-electron chi connectivity index (χ0n) is 13.1. The summed E-state index contributed by atoms with van der Waals surface area (Å²) in [4.78, 5) is 15.0. The number of amides is 1. The summed E-state index contributed by atoms with van der Waals surface area (Å²) in [5, 5.41) is 0. The molecule has 0 unspecified atom stereocenters. The van der Waals surface area contributed by atoms with Gasteiger partial charge in [0.25, 0.3) is 5.91 Å². The van der Waals surface area contributed by atoms with E-state index in [-0.39, 0.29) is 5.91 Å². The van der Waals surface area contributed by atoms with Crippen molar-refractivity contribution < 1.29 is 9.53 Å². The number of carbonyl (C=O) groups excluding carboxylic acids is 1. The average Bonchev–Trinajstić information content (AvgIpc) is 2.97. The number of nitrogens with zero attached hydrogens (tertiary/aromatic N) is 1. The summed E-state index contributed by atoms with van der Waals surface area (Å²) in [7, 11) is 1.61. The van der Waals surface area contributed by atoms with Crippen molar-refractivity contribution in [3.8, 4) is 5.75 Å². The van der Waals surface area contributed by atoms with Crippen molar-refractivity contribution in [3.05, 3.63) is 28.2 Å². The Morgan fingerprint density at radius 2 is 2.05 bits per heavy atom. The van der Waals surface area contributed by atoms with E-state index < -0.39 is 0 Å². The van der Waals surface area contributed by atoms with Gasteiger partial charge in [-0.25, -0.2) is 0 Å². The normalized spacial score (nSPS) is 15.5. The molecule has 0 spiro atoms. The van der Waals surface area contributed by atoms with Crippen LogP contribution in [0, 0.1) is 5.92 Å². The molecule has 0 heterocycles. The molecule has 1 amide bonds. The summed E-state index contributed by atoms with van der Waals surface area (Å²) in [5.74, 6) is 1.21. The first kappa shape index (κ1) is 16.3. The van der Waals surface area contributed by atoms with E-state index in [4.69, 9.17) is 4.74 Å². The van der Waals surface area contributed by atoms with Crippen molar-refractivity contribution in [2.24, 2.45) is 5.92 Å². The van der Waals surface area contributed by atoms with Crippen molar-refractivity contribution in [2.45, 2.75) is 45.6 Å². The van der Waals surface area contributed by atoms with Crippen LogP contribution in [0.5, 0.6) is 5.75 Å². The van der Waals surface area contributed by atoms with Gasteiger partial charge in [-0.1, -0.05) is 42.6 Å². The average molecular weight is 354 g/mol. The van der Waals surface area contributed by atoms with Gasteiger partial charge in [0, 0.05) is 17.1 Å². The summed E-state index contributed by atoms with van der Waals surface area (Å²) in [6, 6.07) is 5.99. The van der Waals surface area contributed by atoms with Crippen molar-refractivity contribution in [1.29, 1.82) is 0 Å². The molecule has 0 bridgehead atoms. The Morgan fingerprint density at radius 1 is 1.38 bits per heavy atom. The van der Waals surface area contributed by atoms with Crippen molar-refractivity contribution in [3.63, 3.8) is 0 Å². The van der Waals surface area contributed by atoms with Crippen LogP contribution in [0.15, 0.2) is 22.7 Å². The molecule has 3 nitrogen and oxygen atoms in total. The number of carbonyl (C=O) groups is 1. The molecule has 21 heavy (non-hydrogen) atoms. The largest absolute Gasteiger partial charge is 0.496 e. The number of ether oxygens (including phenoxy) is 1. The fourth-order valence-corrected chi connectivity index (χ4v) is 3.34. The third-order valence-electron chi connectivity index (χ3n) is 3.98. The Morgan fingerprint density at radius 3 is 2.62 bits per heavy atom. The second kappa shape index (κ2) is 7.30. The summed E-state index contributed by atoms with van der Waals surface area (Å²) < 4.78 is 6.31. The van der Waals surface area contributed by atoms with E-state index in [1.165, 1.54) is 12.8 Å². The summed E-state index contributed by atoms with van der Waals surface area (Å²) >= 11 is 3.42. The minimum absolute atomic E-state index is 0.0972. The lowest BCUT2D eigenvalue weighted by molar-refractivity contribution is 0.0652. The second-order valence-electron chi connectivity index (χ2n) is 6.13. The van der Waals surface area contributed by atoms with Gasteiger partial charge in [0.2, 0.25) is 0 Å². The highest BCUT2D eigenvalue weighted by Gasteiger charge is 2.29. The molecule has 1 fully saturated rings. The quantitative estimate of drug-likeness (QED) is 0.779. The van der Waals surface area contributed by atoms with Crippen LogP contribution in [0.3, 0.4) is 0 Å². The summed E-state index contributed by atoms with van der Waals surface area (Å²) in [5.41, 5.74) is 0.660. The van der Waals surface area contributed by atoms with Crippen LogP contribution in [0.4, 0.5) is 0 Å². The topological polar surface area (TPSA) is 29.5 Å². The lowest BCUT2D eigenvalue weighted by Crippen LogP contribution is -2.41. The number of methoxy groups -OCH3 is 1. The summed E-state index contributed by atoms with van der Waals surface area (Å²) in [6.45, 7) is 5.13. The van der Waals surface area contributed by atoms with Gasteiger partial charge in [-0.3, -0.25) is 4.79 Å². The zero-order valence-corrected chi connectivity index (χ0v) is 14.6. The van der Waals surface area contributed by atoms with Crippen LogP contribution >= 0.6 is 15.9 Å². The highest BCUT2D eigenvalue weighted by atomic mass is 79.9. The van der Waals surface area contributed by atoms with Crippen LogP contribution in [0.25, 0.3) is 0 Å². The maximum atomic E-state index is 13.0. The van der Waals surface area contributed by atoms with Crippen molar-refractivity contribution in [2.75, 3.05) is 13.7 Å². The van der Waals surface area contributed by atoms with Gasteiger partial charge in [0.15, 0.2) is 0 Å². The summed E-state index contributed by atoms with van der Waals surface area (Å²) in [6.07, 6.45) is 4.70. The van der Waals surface area contributed by atoms with Crippen LogP contribution < -0.4 is 4.74 Å². The SMILES string of the molecule is COc1cc(Br)ccc1C(=O)N(CC(C)C)C1CCCC1. The minimum atomic E-state index is 0.0972. The van der Waals surface area contributed by atoms with Crippen LogP contribution in [0.1, 0.15) is 49.9 Å². The van der Waals surface area contributed by atoms with E-state index in [0.29, 0.717) is 23.3 Å². The molecule has 0 saturated heterocycles. The van der Waals surface area contributed by atoms with Crippen molar-refractivity contribution in [1.82, 2.24) is 4.90 Å². The smallest absolute Gasteiger partial charge is 0.257 e. The van der Waals surface area contributed by atoms with E-state index in [1.807, 2.05) is 18.2 Å². The molecule has 116 valence electrons. The van der Waals surface area contributed by atoms with Gasteiger partial charge >= 0.3 is 0 Å². The minimum Gasteiger partial charge on any atom is -0.496 e. The fourth-order valence-electron chi connectivity index (χ4n) is 3.00. The van der Waals surface area contributed by atoms with Gasteiger partial charge < -0.3 is 9.64 Å². The predicted molar refractivity (Wildman–Crippen MR) is 88.8 cm³/mol. The van der Waals surface area contributed by atoms with E-state index in [1.54, 1.807) is 7.11 Å². The maximum Gasteiger partial charge on any atom is 0.257 e. The lowest BCUT2D eigenvalue weighted by Gasteiger charge is -2.31. The Hall–Kier alpha value is -1.03. The predicted octanol–water partition coefficient (Wildman–Crippen LogP) is 4.50. The number of hydrogen-bond donors (Lipinski definition) is 0. The molecule has 0 aromatic heterocycles. The molecular weight excluding hydrogens is 330 g/mol. The zero-order chi connectivity index (χ0) is 15.4. The number of halogens is 1. The van der Waals surface area contributed by atoms with Crippen molar-refractivity contribution >= 4 is 21.8 Å². The third kappa shape index (κ3) is 4.00. The van der Waals surface area contributed by atoms with E-state index in [9.17, 15) is 4.79 Å². The first-order valence-corrected chi connectivity index (χ1v) is 8.46. The molecule has 1 aromatic carbocycles. The second-order valence-corrected chi connectivity index (χ2v) is 7.05. The molecule has 0 aliphatic heterocycles. The molecule has 1 aliphatic carbocycles. The highest BCUT2D eigenvalue weighted by molar-refractivity contribution is 9.10. The Bertz CT molecular complexity index is 496. The number of benzene rings is 1. The number of rotatable bonds is 5. The Kier molecular flexibility index (Phi) is 5.68. The monoisotopic (exact) mass is 353 g/mol. The van der Waals surface area contributed by atoms with Gasteiger partial charge in [0.1, 0.15) is 5.75 Å². The Labute approximate surface area is 135 Å². The van der Waals surface area contributed by atoms with Crippen LogP contribution in [0.2, 0.25) is 0 Å². The molecule has 4 heteroatoms. The van der Waals surface area contributed by atoms with Crippen LogP contribution in [-0.2, 0) is 0 Å².